The van der Waals surface area contributed by atoms with Crippen molar-refractivity contribution < 1.29 is 65.1 Å². The van der Waals surface area contributed by atoms with Crippen LogP contribution < -0.4 is 9.62 Å². The van der Waals surface area contributed by atoms with Gasteiger partial charge in [-0.05, 0) is 67.1 Å². The molecule has 1 heterocycles. The third-order valence-electron chi connectivity index (χ3n) is 9.27. The average Bonchev–Trinajstić information content (AvgIpc) is 4.01. The molecule has 0 bridgehead atoms. The molecule has 4 aromatic rings. The minimum Gasteiger partial charge on any atom is -0.507 e. The topological polar surface area (TPSA) is 189 Å². The highest BCUT2D eigenvalue weighted by atomic mass is 32.2. The summed E-state index contributed by atoms with van der Waals surface area (Å²) in [6.07, 6.45) is 3.73. The molecule has 0 aliphatic heterocycles. The van der Waals surface area contributed by atoms with Gasteiger partial charge in [-0.25, -0.2) is 17.6 Å². The van der Waals surface area contributed by atoms with Gasteiger partial charge in [0.05, 0.1) is 96.7 Å². The van der Waals surface area contributed by atoms with E-state index >= 15 is 0 Å². The number of benzene rings is 3. The maximum Gasteiger partial charge on any atom is 0.379 e. The molecule has 0 spiro atoms. The fourth-order valence-corrected chi connectivity index (χ4v) is 7.09. The van der Waals surface area contributed by atoms with Gasteiger partial charge in [0.15, 0.2) is 0 Å². The van der Waals surface area contributed by atoms with Crippen molar-refractivity contribution in [3.63, 3.8) is 0 Å². The zero-order valence-corrected chi connectivity index (χ0v) is 34.7. The van der Waals surface area contributed by atoms with Gasteiger partial charge < -0.3 is 43.3 Å². The highest BCUT2D eigenvalue weighted by molar-refractivity contribution is 7.92. The molecular weight excluding hydrogens is 804 g/mol. The molecule has 17 heteroatoms. The van der Waals surface area contributed by atoms with E-state index in [1.807, 2.05) is 6.07 Å². The number of nitrogens with zero attached hydrogens (tertiary/aromatic N) is 1. The van der Waals surface area contributed by atoms with Crippen molar-refractivity contribution in [3.8, 4) is 11.3 Å². The van der Waals surface area contributed by atoms with Gasteiger partial charge in [0.2, 0.25) is 10.0 Å². The first kappa shape index (κ1) is 45.9. The first-order valence-corrected chi connectivity index (χ1v) is 21.4. The minimum atomic E-state index is -3.74. The molecule has 60 heavy (non-hydrogen) atoms. The predicted molar refractivity (Wildman–Crippen MR) is 221 cm³/mol. The number of ketones is 1. The van der Waals surface area contributed by atoms with Gasteiger partial charge in [-0.2, -0.15) is 0 Å². The summed E-state index contributed by atoms with van der Waals surface area (Å²) in [6, 6.07) is 15.8. The summed E-state index contributed by atoms with van der Waals surface area (Å²) >= 11 is 0. The minimum absolute atomic E-state index is 0.0489. The number of hydrogen-bond donors (Lipinski definition) is 2. The van der Waals surface area contributed by atoms with Crippen LogP contribution in [0.2, 0.25) is 0 Å². The van der Waals surface area contributed by atoms with Gasteiger partial charge in [0.25, 0.3) is 11.7 Å². The Bertz CT molecular complexity index is 2200. The molecule has 3 aromatic carbocycles. The van der Waals surface area contributed by atoms with E-state index in [4.69, 9.17) is 28.1 Å². The molecule has 15 nitrogen and oxygen atoms in total. The number of rotatable bonds is 26. The third kappa shape index (κ3) is 13.2. The molecule has 324 valence electrons. The van der Waals surface area contributed by atoms with Gasteiger partial charge in [-0.3, -0.25) is 13.9 Å². The second-order valence-electron chi connectivity index (χ2n) is 13.7. The smallest absolute Gasteiger partial charge is 0.379 e. The highest BCUT2D eigenvalue weighted by Crippen LogP contribution is 2.48. The molecule has 1 amide bonds. The lowest BCUT2D eigenvalue weighted by Gasteiger charge is -2.25. The van der Waals surface area contributed by atoms with E-state index in [9.17, 15) is 32.3 Å². The first-order chi connectivity index (χ1) is 28.9. The number of furan rings is 1. The number of nitrogens with one attached hydrogen (secondary N) is 1. The van der Waals surface area contributed by atoms with Gasteiger partial charge >= 0.3 is 5.97 Å². The second-order valence-corrected chi connectivity index (χ2v) is 15.6. The number of hydrogen-bond acceptors (Lipinski definition) is 13. The zero-order valence-electron chi connectivity index (χ0n) is 33.9. The van der Waals surface area contributed by atoms with Crippen molar-refractivity contribution in [1.29, 1.82) is 0 Å². The first-order valence-electron chi connectivity index (χ1n) is 19.6. The summed E-state index contributed by atoms with van der Waals surface area (Å²) in [5.74, 6) is -2.71. The SMILES string of the molecule is CCOC(=O)C(=O)C=C(O)c1ccc(COCCOCCOCCOCCOCCN(c2cc3oc(-c4ccc(F)cc4)c(C(=O)NC)c3cc2C2CC2)S(C)(=O)=O)cc1. The van der Waals surface area contributed by atoms with Crippen LogP contribution in [0.5, 0.6) is 0 Å². The van der Waals surface area contributed by atoms with Gasteiger partial charge in [0.1, 0.15) is 22.9 Å². The average molecular weight is 855 g/mol. The number of esters is 1. The van der Waals surface area contributed by atoms with Crippen LogP contribution in [-0.4, -0.2) is 117 Å². The fourth-order valence-electron chi connectivity index (χ4n) is 6.16. The Balaban J connectivity index is 0.973. The molecule has 5 rings (SSSR count). The van der Waals surface area contributed by atoms with E-state index < -0.39 is 27.6 Å². The predicted octanol–water partition coefficient (Wildman–Crippen LogP) is 5.56. The lowest BCUT2D eigenvalue weighted by atomic mass is 10.0. The molecule has 1 fully saturated rings. The Morgan fingerprint density at radius 2 is 1.45 bits per heavy atom. The quantitative estimate of drug-likeness (QED) is 0.0263. The standard InChI is InChI=1S/C43H51FN2O13S/c1-4-58-43(50)38(48)27-37(47)31-7-5-29(6-8-31)28-57-24-23-56-22-21-55-20-19-54-18-17-53-16-15-46(60(3,51)52)36-26-39-35(25-34(36)30-9-10-30)40(42(49)45-2)41(59-39)32-11-13-33(44)14-12-32/h5-8,11-14,25-27,30,47H,4,9-10,15-24,28H2,1-3H3,(H,45,49). The normalized spacial score (nSPS) is 13.1. The number of aliphatic hydroxyl groups excluding tert-OH is 1. The lowest BCUT2D eigenvalue weighted by Crippen LogP contribution is -2.34. The van der Waals surface area contributed by atoms with E-state index in [1.165, 1.54) is 35.6 Å². The number of halogens is 1. The van der Waals surface area contributed by atoms with E-state index in [2.05, 4.69) is 10.1 Å². The monoisotopic (exact) mass is 854 g/mol. The molecule has 1 aliphatic rings. The number of amides is 1. The molecule has 1 aromatic heterocycles. The van der Waals surface area contributed by atoms with E-state index in [0.717, 1.165) is 36.3 Å². The van der Waals surface area contributed by atoms with Crippen molar-refractivity contribution in [2.24, 2.45) is 0 Å². The number of aliphatic hydroxyl groups is 1. The van der Waals surface area contributed by atoms with Crippen LogP contribution in [0.4, 0.5) is 10.1 Å². The number of fused-ring (bicyclic) bond motifs is 1. The number of ether oxygens (including phenoxy) is 6. The van der Waals surface area contributed by atoms with Gasteiger partial charge in [-0.15, -0.1) is 0 Å². The zero-order chi connectivity index (χ0) is 43.1. The van der Waals surface area contributed by atoms with Crippen LogP contribution in [-0.2, 0) is 54.6 Å². The molecule has 1 aliphatic carbocycles. The van der Waals surface area contributed by atoms with Crippen LogP contribution in [0.25, 0.3) is 28.1 Å². The van der Waals surface area contributed by atoms with Crippen LogP contribution in [0.3, 0.4) is 0 Å². The summed E-state index contributed by atoms with van der Waals surface area (Å²) in [5, 5.41) is 13.3. The summed E-state index contributed by atoms with van der Waals surface area (Å²) in [7, 11) is -2.22. The summed E-state index contributed by atoms with van der Waals surface area (Å²) in [4.78, 5) is 36.2. The maximum atomic E-state index is 13.7. The number of anilines is 1. The molecule has 0 unspecified atom stereocenters. The van der Waals surface area contributed by atoms with Crippen molar-refractivity contribution in [2.75, 3.05) is 90.2 Å². The Hall–Kier alpha value is -5.17. The molecular formula is C43H51FN2O13S. The largest absolute Gasteiger partial charge is 0.507 e. The Morgan fingerprint density at radius 3 is 2.00 bits per heavy atom. The molecule has 0 atom stereocenters. The van der Waals surface area contributed by atoms with Crippen LogP contribution in [0.1, 0.15) is 52.7 Å². The van der Waals surface area contributed by atoms with Crippen molar-refractivity contribution >= 4 is 50.1 Å². The third-order valence-corrected chi connectivity index (χ3v) is 10.5. The Kier molecular flexibility index (Phi) is 17.2. The molecule has 0 radical (unpaired) electrons. The summed E-state index contributed by atoms with van der Waals surface area (Å²) < 4.78 is 80.0. The Morgan fingerprint density at radius 1 is 0.867 bits per heavy atom. The van der Waals surface area contributed by atoms with E-state index in [1.54, 1.807) is 37.3 Å². The van der Waals surface area contributed by atoms with Crippen molar-refractivity contribution in [1.82, 2.24) is 5.32 Å². The van der Waals surface area contributed by atoms with Gasteiger partial charge in [0, 0.05) is 35.7 Å². The highest BCUT2D eigenvalue weighted by Gasteiger charge is 2.33. The fraction of sp³-hybridized carbons (Fsp3) is 0.419. The van der Waals surface area contributed by atoms with Crippen LogP contribution in [0, 0.1) is 5.82 Å². The number of sulfonamides is 1. The van der Waals surface area contributed by atoms with E-state index in [0.29, 0.717) is 79.6 Å². The molecule has 2 N–H and O–H groups in total. The van der Waals surface area contributed by atoms with Crippen LogP contribution in [0.15, 0.2) is 71.2 Å². The lowest BCUT2D eigenvalue weighted by molar-refractivity contribution is -0.151. The van der Waals surface area contributed by atoms with Crippen molar-refractivity contribution in [3.05, 3.63) is 94.8 Å². The summed E-state index contributed by atoms with van der Waals surface area (Å²) in [5.41, 5.74) is 3.63. The number of carbonyl (C=O) groups excluding carboxylic acids is 3. The maximum absolute atomic E-state index is 13.7. The molecule has 1 saturated carbocycles. The molecule has 0 saturated heterocycles. The second kappa shape index (κ2) is 22.4. The summed E-state index contributed by atoms with van der Waals surface area (Å²) in [6.45, 7) is 4.78. The van der Waals surface area contributed by atoms with E-state index in [-0.39, 0.29) is 56.3 Å². The Labute approximate surface area is 348 Å². The van der Waals surface area contributed by atoms with Crippen LogP contribution >= 0.6 is 0 Å². The number of carbonyl (C=O) groups is 3. The van der Waals surface area contributed by atoms with Crippen molar-refractivity contribution in [2.45, 2.75) is 32.3 Å². The van der Waals surface area contributed by atoms with Gasteiger partial charge in [-0.1, -0.05) is 24.3 Å².